The van der Waals surface area contributed by atoms with Crippen LogP contribution in [0.25, 0.3) is 11.3 Å². The molecule has 0 aliphatic carbocycles. The van der Waals surface area contributed by atoms with Gasteiger partial charge in [-0.3, -0.25) is 4.79 Å². The molecule has 10 nitrogen and oxygen atoms in total. The van der Waals surface area contributed by atoms with E-state index in [0.29, 0.717) is 40.8 Å². The molecule has 13 heteroatoms. The topological polar surface area (TPSA) is 124 Å². The van der Waals surface area contributed by atoms with E-state index < -0.39 is 29.4 Å². The lowest BCUT2D eigenvalue weighted by Gasteiger charge is -2.32. The van der Waals surface area contributed by atoms with Crippen molar-refractivity contribution in [3.8, 4) is 11.3 Å². The van der Waals surface area contributed by atoms with Gasteiger partial charge < -0.3 is 35.5 Å². The molecule has 45 heavy (non-hydrogen) atoms. The van der Waals surface area contributed by atoms with Crippen molar-refractivity contribution in [2.75, 3.05) is 17.3 Å². The number of halogens is 3. The monoisotopic (exact) mass is 637 g/mol. The first-order chi connectivity index (χ1) is 21.4. The minimum Gasteiger partial charge on any atom is -0.761 e. The van der Waals surface area contributed by atoms with Crippen LogP contribution in [-0.2, 0) is 29.0 Å². The fraction of sp³-hybridized carbons (Fsp3) is 0.281. The van der Waals surface area contributed by atoms with Gasteiger partial charge >= 0.3 is 6.09 Å². The molecule has 0 saturated carbocycles. The molecule has 0 spiro atoms. The number of benzene rings is 3. The van der Waals surface area contributed by atoms with Gasteiger partial charge in [0.15, 0.2) is 0 Å². The molecule has 4 aromatic rings. The molecule has 1 atom stereocenters. The number of fused-ring (bicyclic) bond motifs is 1. The predicted octanol–water partition coefficient (Wildman–Crippen LogP) is 6.61. The van der Waals surface area contributed by atoms with E-state index in [1.54, 1.807) is 68.1 Å². The number of nitrogens with zero attached hydrogens (tertiary/aromatic N) is 3. The molecule has 236 valence electrons. The summed E-state index contributed by atoms with van der Waals surface area (Å²) in [5.74, 6) is -0.407. The Hall–Kier alpha value is -4.68. The summed E-state index contributed by atoms with van der Waals surface area (Å²) in [5, 5.41) is 16.9. The van der Waals surface area contributed by atoms with Crippen LogP contribution < -0.4 is 16.1 Å². The van der Waals surface area contributed by atoms with Crippen LogP contribution >= 0.6 is 11.6 Å². The van der Waals surface area contributed by atoms with Crippen molar-refractivity contribution < 1.29 is 23.1 Å². The van der Waals surface area contributed by atoms with Crippen LogP contribution in [0.4, 0.5) is 30.8 Å². The third kappa shape index (κ3) is 7.70. The number of anilines is 3. The van der Waals surface area contributed by atoms with Gasteiger partial charge in [-0.1, -0.05) is 35.9 Å². The first kappa shape index (κ1) is 31.7. The van der Waals surface area contributed by atoms with E-state index in [1.807, 2.05) is 10.0 Å². The van der Waals surface area contributed by atoms with E-state index in [-0.39, 0.29) is 30.4 Å². The Morgan fingerprint density at radius 3 is 2.44 bits per heavy atom. The summed E-state index contributed by atoms with van der Waals surface area (Å²) in [6.45, 7) is 5.84. The van der Waals surface area contributed by atoms with Crippen molar-refractivity contribution in [2.24, 2.45) is 0 Å². The lowest BCUT2D eigenvalue weighted by atomic mass is 10.0. The second-order valence-corrected chi connectivity index (χ2v) is 12.0. The zero-order chi connectivity index (χ0) is 32.3. The van der Waals surface area contributed by atoms with Crippen molar-refractivity contribution >= 4 is 40.8 Å². The number of ether oxygens (including phenoxy) is 1. The average molecular weight is 638 g/mol. The maximum absolute atomic E-state index is 14.3. The fourth-order valence-electron chi connectivity index (χ4n) is 5.01. The molecule has 3 aromatic carbocycles. The van der Waals surface area contributed by atoms with E-state index in [2.05, 4.69) is 10.6 Å². The average Bonchev–Trinajstić information content (AvgIpc) is 3.35. The highest BCUT2D eigenvalue weighted by Gasteiger charge is 2.33. The predicted molar refractivity (Wildman–Crippen MR) is 168 cm³/mol. The van der Waals surface area contributed by atoms with E-state index in [9.17, 15) is 23.6 Å². The number of carbonyl (C=O) groups excluding carboxylic acids is 2. The number of aromatic nitrogens is 2. The quantitative estimate of drug-likeness (QED) is 0.186. The van der Waals surface area contributed by atoms with Gasteiger partial charge in [0, 0.05) is 36.4 Å². The smallest absolute Gasteiger partial charge is 0.408 e. The molecular weight excluding hydrogens is 606 g/mol. The molecule has 3 N–H and O–H groups in total. The van der Waals surface area contributed by atoms with Gasteiger partial charge in [-0.05, 0) is 68.8 Å². The van der Waals surface area contributed by atoms with Crippen LogP contribution in [0.15, 0.2) is 66.7 Å². The highest BCUT2D eigenvalue weighted by molar-refractivity contribution is 6.30. The number of hydrogen-bond donors (Lipinski definition) is 3. The number of imidazole rings is 1. The summed E-state index contributed by atoms with van der Waals surface area (Å²) < 4.78 is 35.8. The zero-order valence-corrected chi connectivity index (χ0v) is 25.6. The van der Waals surface area contributed by atoms with Crippen LogP contribution in [0, 0.1) is 16.8 Å². The summed E-state index contributed by atoms with van der Waals surface area (Å²) in [4.78, 5) is 33.0. The Morgan fingerprint density at radius 1 is 1.04 bits per heavy atom. The molecule has 1 aromatic heterocycles. The SMILES string of the molecule is CC(C)(C)OC(=O)N[C@@H](Cc1ccc(N[O-])cc1)C(=O)N1CCn2c(nc(-c3cccc(F)c3)c2Nc2ccc(Cl)c(F)c2)C1. The van der Waals surface area contributed by atoms with E-state index >= 15 is 0 Å². The molecule has 1 aliphatic rings. The third-order valence-electron chi connectivity index (χ3n) is 7.07. The van der Waals surface area contributed by atoms with Crippen molar-refractivity contribution in [2.45, 2.75) is 51.9 Å². The lowest BCUT2D eigenvalue weighted by molar-refractivity contribution is -0.135. The summed E-state index contributed by atoms with van der Waals surface area (Å²) in [6, 6.07) is 15.8. The third-order valence-corrected chi connectivity index (χ3v) is 7.37. The Labute approximate surface area is 263 Å². The van der Waals surface area contributed by atoms with Gasteiger partial charge in [0.05, 0.1) is 11.6 Å². The Bertz CT molecular complexity index is 1710. The maximum atomic E-state index is 14.3. The maximum Gasteiger partial charge on any atom is 0.408 e. The second kappa shape index (κ2) is 13.1. The van der Waals surface area contributed by atoms with E-state index in [0.717, 1.165) is 5.56 Å². The summed E-state index contributed by atoms with van der Waals surface area (Å²) >= 11 is 5.87. The standard InChI is InChI=1S/C32H32ClF2N6O4/c1-32(2,3)45-31(43)37-26(15-19-7-9-22(39-44)10-8-19)30(42)40-13-14-41-27(18-40)38-28(20-5-4-6-21(34)16-20)29(41)36-23-11-12-24(33)25(35)17-23/h4-12,16-17,26,36,39H,13-15,18H2,1-3H3,(H,37,43)/q-1/t26-/m0/s1. The summed E-state index contributed by atoms with van der Waals surface area (Å²) in [5.41, 5.74) is 3.45. The number of hydrogen-bond acceptors (Lipinski definition) is 7. The molecule has 0 unspecified atom stereocenters. The van der Waals surface area contributed by atoms with Crippen molar-refractivity contribution in [3.05, 3.63) is 100.0 Å². The van der Waals surface area contributed by atoms with Gasteiger partial charge in [-0.25, -0.2) is 18.6 Å². The van der Waals surface area contributed by atoms with Crippen molar-refractivity contribution in [1.29, 1.82) is 0 Å². The highest BCUT2D eigenvalue weighted by Crippen LogP contribution is 2.34. The van der Waals surface area contributed by atoms with Gasteiger partial charge in [0.25, 0.3) is 0 Å². The number of rotatable bonds is 8. The fourth-order valence-corrected chi connectivity index (χ4v) is 5.13. The van der Waals surface area contributed by atoms with Gasteiger partial charge in [-0.15, -0.1) is 0 Å². The normalized spacial score (nSPS) is 13.5. The number of nitrogens with one attached hydrogen (secondary N) is 3. The summed E-state index contributed by atoms with van der Waals surface area (Å²) in [7, 11) is 0. The van der Waals surface area contributed by atoms with E-state index in [1.165, 1.54) is 24.3 Å². The lowest BCUT2D eigenvalue weighted by Crippen LogP contribution is -2.52. The Balaban J connectivity index is 1.44. The largest absolute Gasteiger partial charge is 0.761 e. The second-order valence-electron chi connectivity index (χ2n) is 11.6. The molecule has 1 aliphatic heterocycles. The minimum atomic E-state index is -0.982. The van der Waals surface area contributed by atoms with Crippen LogP contribution in [0.5, 0.6) is 0 Å². The van der Waals surface area contributed by atoms with Gasteiger partial charge in [0.2, 0.25) is 5.91 Å². The number of amides is 2. The zero-order valence-electron chi connectivity index (χ0n) is 24.9. The van der Waals surface area contributed by atoms with E-state index in [4.69, 9.17) is 21.3 Å². The van der Waals surface area contributed by atoms with Crippen LogP contribution in [-0.4, -0.2) is 44.6 Å². The molecular formula is C32H32ClF2N6O4-. The van der Waals surface area contributed by atoms with Crippen molar-refractivity contribution in [1.82, 2.24) is 19.8 Å². The number of carbonyl (C=O) groups is 2. The first-order valence-electron chi connectivity index (χ1n) is 14.2. The minimum absolute atomic E-state index is 0.0251. The van der Waals surface area contributed by atoms with Crippen molar-refractivity contribution in [3.63, 3.8) is 0 Å². The molecule has 0 radical (unpaired) electrons. The van der Waals surface area contributed by atoms with Crippen LogP contribution in [0.1, 0.15) is 32.2 Å². The van der Waals surface area contributed by atoms with Crippen LogP contribution in [0.2, 0.25) is 5.02 Å². The number of alkyl carbamates (subject to hydrolysis) is 1. The molecule has 0 fully saturated rings. The summed E-state index contributed by atoms with van der Waals surface area (Å²) in [6.07, 6.45) is -0.599. The highest BCUT2D eigenvalue weighted by atomic mass is 35.5. The van der Waals surface area contributed by atoms with Crippen LogP contribution in [0.3, 0.4) is 0 Å². The molecule has 2 heterocycles. The first-order valence-corrected chi connectivity index (χ1v) is 14.6. The Kier molecular flexibility index (Phi) is 9.26. The molecule has 2 amide bonds. The molecule has 0 bridgehead atoms. The molecule has 5 rings (SSSR count). The molecule has 0 saturated heterocycles. The Morgan fingerprint density at radius 2 is 1.78 bits per heavy atom. The van der Waals surface area contributed by atoms with Gasteiger partial charge in [0.1, 0.15) is 40.6 Å². The van der Waals surface area contributed by atoms with Gasteiger partial charge in [-0.2, -0.15) is 0 Å².